The summed E-state index contributed by atoms with van der Waals surface area (Å²) >= 11 is 2.96. The maximum absolute atomic E-state index is 9.93. The molecular formula is C7H10BrNO2. The molecule has 0 amide bonds. The molecule has 0 aliphatic heterocycles. The second kappa shape index (κ2) is 7.21. The molecule has 0 aromatic heterocycles. The molecule has 0 unspecified atom stereocenters. The van der Waals surface area contributed by atoms with Crippen LogP contribution in [0.15, 0.2) is 36.0 Å². The van der Waals surface area contributed by atoms with Crippen molar-refractivity contribution in [2.75, 3.05) is 0 Å². The van der Waals surface area contributed by atoms with Crippen molar-refractivity contribution in [2.24, 2.45) is 0 Å². The molecule has 0 N–H and O–H groups in total. The molecular weight excluding hydrogens is 210 g/mol. The number of hydrogen-bond donors (Lipinski definition) is 0. The van der Waals surface area contributed by atoms with Crippen molar-refractivity contribution in [3.05, 3.63) is 46.1 Å². The molecule has 4 heteroatoms. The number of rotatable bonds is 2. The molecule has 0 atom stereocenters. The van der Waals surface area contributed by atoms with Crippen LogP contribution >= 0.6 is 15.9 Å². The lowest BCUT2D eigenvalue weighted by Crippen LogP contribution is -1.95. The van der Waals surface area contributed by atoms with Gasteiger partial charge in [-0.25, -0.2) is 0 Å². The van der Waals surface area contributed by atoms with Crippen molar-refractivity contribution in [1.82, 2.24) is 0 Å². The van der Waals surface area contributed by atoms with Crippen LogP contribution in [0.5, 0.6) is 0 Å². The van der Waals surface area contributed by atoms with Gasteiger partial charge in [0.25, 0.3) is 5.70 Å². The Balaban J connectivity index is 0. The van der Waals surface area contributed by atoms with Gasteiger partial charge in [-0.15, -0.1) is 13.2 Å². The average Bonchev–Trinajstić information content (AvgIpc) is 2.05. The normalized spacial score (nSPS) is 9.45. The van der Waals surface area contributed by atoms with Crippen LogP contribution in [0.4, 0.5) is 0 Å². The Labute approximate surface area is 74.4 Å². The Morgan fingerprint density at radius 1 is 1.64 bits per heavy atom. The quantitative estimate of drug-likeness (QED) is 0.311. The smallest absolute Gasteiger partial charge is 0.258 e. The van der Waals surface area contributed by atoms with Gasteiger partial charge in [0, 0.05) is 0 Å². The monoisotopic (exact) mass is 219 g/mol. The summed E-state index contributed by atoms with van der Waals surface area (Å²) in [4.78, 5) is 9.40. The van der Waals surface area contributed by atoms with E-state index in [2.05, 4.69) is 35.7 Å². The van der Waals surface area contributed by atoms with Crippen LogP contribution in [-0.4, -0.2) is 4.92 Å². The van der Waals surface area contributed by atoms with Crippen molar-refractivity contribution in [3.8, 4) is 0 Å². The van der Waals surface area contributed by atoms with Gasteiger partial charge in [-0.1, -0.05) is 6.08 Å². The first-order valence-corrected chi connectivity index (χ1v) is 3.54. The van der Waals surface area contributed by atoms with Crippen LogP contribution in [-0.2, 0) is 0 Å². The highest BCUT2D eigenvalue weighted by atomic mass is 79.9. The Bertz CT molecular complexity index is 187. The van der Waals surface area contributed by atoms with E-state index in [-0.39, 0.29) is 5.70 Å². The predicted molar refractivity (Wildman–Crippen MR) is 50.1 cm³/mol. The maximum Gasteiger partial charge on any atom is 0.276 e. The summed E-state index contributed by atoms with van der Waals surface area (Å²) in [7, 11) is 0. The molecule has 0 aliphatic rings. The number of hydrogen-bond acceptors (Lipinski definition) is 2. The molecule has 0 bridgehead atoms. The molecule has 0 saturated heterocycles. The first-order valence-electron chi connectivity index (χ1n) is 2.75. The van der Waals surface area contributed by atoms with E-state index in [9.17, 15) is 10.1 Å². The van der Waals surface area contributed by atoms with E-state index in [1.54, 1.807) is 13.0 Å². The van der Waals surface area contributed by atoms with E-state index in [1.165, 1.54) is 0 Å². The minimum absolute atomic E-state index is 0.113. The third-order valence-electron chi connectivity index (χ3n) is 0.750. The molecule has 0 aliphatic carbocycles. The molecule has 0 rings (SSSR count). The lowest BCUT2D eigenvalue weighted by molar-refractivity contribution is -0.418. The van der Waals surface area contributed by atoms with E-state index in [1.807, 2.05) is 0 Å². The first kappa shape index (κ1) is 12.7. The summed E-state index contributed by atoms with van der Waals surface area (Å²) in [5, 5.41) is 9.93. The van der Waals surface area contributed by atoms with Crippen LogP contribution in [0.1, 0.15) is 6.92 Å². The number of halogens is 1. The van der Waals surface area contributed by atoms with Gasteiger partial charge in [0.15, 0.2) is 0 Å². The van der Waals surface area contributed by atoms with E-state index < -0.39 is 4.92 Å². The summed E-state index contributed by atoms with van der Waals surface area (Å²) in [5.74, 6) is 0. The topological polar surface area (TPSA) is 43.1 Å². The Morgan fingerprint density at radius 2 is 2.00 bits per heavy atom. The van der Waals surface area contributed by atoms with E-state index in [0.717, 1.165) is 0 Å². The van der Waals surface area contributed by atoms with Gasteiger partial charge in [-0.3, -0.25) is 10.1 Å². The molecule has 0 aromatic carbocycles. The highest BCUT2D eigenvalue weighted by Crippen LogP contribution is 2.14. The molecule has 0 radical (unpaired) electrons. The Morgan fingerprint density at radius 3 is 2.09 bits per heavy atom. The van der Waals surface area contributed by atoms with Crippen molar-refractivity contribution in [3.63, 3.8) is 0 Å². The third kappa shape index (κ3) is 5.54. The maximum atomic E-state index is 9.93. The molecule has 0 heterocycles. The largest absolute Gasteiger partial charge is 0.276 e. The van der Waals surface area contributed by atoms with Gasteiger partial charge >= 0.3 is 0 Å². The highest BCUT2D eigenvalue weighted by Gasteiger charge is 2.08. The molecule has 62 valence electrons. The van der Waals surface area contributed by atoms with Crippen molar-refractivity contribution in [1.29, 1.82) is 0 Å². The van der Waals surface area contributed by atoms with Gasteiger partial charge in [-0.05, 0) is 29.4 Å². The fourth-order valence-electron chi connectivity index (χ4n) is 0.254. The summed E-state index contributed by atoms with van der Waals surface area (Å²) in [5.41, 5.74) is -0.113. The van der Waals surface area contributed by atoms with Crippen LogP contribution in [0, 0.1) is 10.1 Å². The predicted octanol–water partition coefficient (Wildman–Crippen LogP) is 2.88. The van der Waals surface area contributed by atoms with Gasteiger partial charge in [0.1, 0.15) is 0 Å². The first-order chi connectivity index (χ1) is 5.09. The fraction of sp³-hybridized carbons (Fsp3) is 0.143. The molecule has 0 saturated carbocycles. The van der Waals surface area contributed by atoms with Crippen LogP contribution in [0.2, 0.25) is 0 Å². The zero-order chi connectivity index (χ0) is 9.44. The summed E-state index contributed by atoms with van der Waals surface area (Å²) < 4.78 is 0.424. The van der Waals surface area contributed by atoms with Crippen LogP contribution in [0.3, 0.4) is 0 Å². The van der Waals surface area contributed by atoms with E-state index >= 15 is 0 Å². The fourth-order valence-corrected chi connectivity index (χ4v) is 0.399. The SMILES string of the molecule is C=C.C=C(/C(Br)=C\C)[N+](=O)[O-]. The zero-order valence-electron chi connectivity index (χ0n) is 6.34. The molecule has 0 aromatic rings. The van der Waals surface area contributed by atoms with Gasteiger partial charge in [0.2, 0.25) is 0 Å². The summed E-state index contributed by atoms with van der Waals surface area (Å²) in [6.45, 7) is 10.9. The summed E-state index contributed by atoms with van der Waals surface area (Å²) in [6.07, 6.45) is 1.57. The van der Waals surface area contributed by atoms with Crippen molar-refractivity contribution < 1.29 is 4.92 Å². The molecule has 0 spiro atoms. The second-order valence-corrected chi connectivity index (χ2v) is 2.19. The van der Waals surface area contributed by atoms with E-state index in [4.69, 9.17) is 0 Å². The molecule has 11 heavy (non-hydrogen) atoms. The Kier molecular flexibility index (Phi) is 8.36. The van der Waals surface area contributed by atoms with Gasteiger partial charge in [0.05, 0.1) is 9.41 Å². The molecule has 3 nitrogen and oxygen atoms in total. The average molecular weight is 220 g/mol. The number of nitrogens with zero attached hydrogens (tertiary/aromatic N) is 1. The van der Waals surface area contributed by atoms with Crippen LogP contribution < -0.4 is 0 Å². The zero-order valence-corrected chi connectivity index (χ0v) is 7.93. The lowest BCUT2D eigenvalue weighted by Gasteiger charge is -1.89. The van der Waals surface area contributed by atoms with E-state index in [0.29, 0.717) is 4.48 Å². The van der Waals surface area contributed by atoms with Gasteiger partial charge < -0.3 is 0 Å². The highest BCUT2D eigenvalue weighted by molar-refractivity contribution is 9.11. The van der Waals surface area contributed by atoms with Gasteiger partial charge in [-0.2, -0.15) is 0 Å². The molecule has 0 fully saturated rings. The minimum Gasteiger partial charge on any atom is -0.258 e. The van der Waals surface area contributed by atoms with Crippen molar-refractivity contribution >= 4 is 15.9 Å². The second-order valence-electron chi connectivity index (χ2n) is 1.34. The van der Waals surface area contributed by atoms with Crippen LogP contribution in [0.25, 0.3) is 0 Å². The standard InChI is InChI=1S/C5H6BrNO2.C2H4/c1-3-5(6)4(2)7(8)9;1-2/h3H,2H2,1H3;1-2H2/b5-3+;. The summed E-state index contributed by atoms with van der Waals surface area (Å²) in [6, 6.07) is 0. The number of allylic oxidation sites excluding steroid dienone is 2. The van der Waals surface area contributed by atoms with Crippen molar-refractivity contribution in [2.45, 2.75) is 6.92 Å². The number of nitro groups is 1. The third-order valence-corrected chi connectivity index (χ3v) is 1.67. The Hall–Kier alpha value is -0.900. The lowest BCUT2D eigenvalue weighted by atomic mass is 10.4. The minimum atomic E-state index is -0.538.